The molecule has 0 aliphatic carbocycles. The number of nitro groups is 1. The van der Waals surface area contributed by atoms with E-state index in [4.69, 9.17) is 18.9 Å². The first kappa shape index (κ1) is 13.9. The summed E-state index contributed by atoms with van der Waals surface area (Å²) in [6.07, 6.45) is -0.874. The van der Waals surface area contributed by atoms with Crippen LogP contribution in [0.2, 0.25) is 0 Å². The summed E-state index contributed by atoms with van der Waals surface area (Å²) in [6.45, 7) is 4.67. The Bertz CT molecular complexity index is 419. The fourth-order valence-electron chi connectivity index (χ4n) is 2.14. The maximum atomic E-state index is 11.1. The number of nitrogens with zero attached hydrogens (tertiary/aromatic N) is 1. The fourth-order valence-corrected chi connectivity index (χ4v) is 2.14. The highest BCUT2D eigenvalue weighted by Crippen LogP contribution is 2.39. The normalized spacial score (nSPS) is 36.4. The summed E-state index contributed by atoms with van der Waals surface area (Å²) in [5.41, 5.74) is 0. The van der Waals surface area contributed by atoms with Crippen molar-refractivity contribution in [2.24, 2.45) is 0 Å². The van der Waals surface area contributed by atoms with Gasteiger partial charge in [0.05, 0.1) is 4.92 Å². The predicted octanol–water partition coefficient (Wildman–Crippen LogP) is 0.585. The molecule has 2 aliphatic heterocycles. The quantitative estimate of drug-likeness (QED) is 0.421. The number of carbonyl (C=O) groups is 1. The molecule has 0 saturated carbocycles. The van der Waals surface area contributed by atoms with Gasteiger partial charge in [0.15, 0.2) is 24.3 Å². The first-order valence-corrected chi connectivity index (χ1v) is 5.79. The molecule has 4 atom stereocenters. The average Bonchev–Trinajstić information content (AvgIpc) is 2.69. The van der Waals surface area contributed by atoms with E-state index in [1.54, 1.807) is 13.8 Å². The van der Waals surface area contributed by atoms with Gasteiger partial charge in [0.25, 0.3) is 0 Å². The molecule has 0 amide bonds. The molecule has 8 nitrogen and oxygen atoms in total. The SMILES string of the molecule is CC(=O)O[C@@H]1[C@H]2OC(C)(C)O[C@H]2O[C@@H]1/C=C/[N+](=O)[O-]. The minimum absolute atomic E-state index is 0.512. The Kier molecular flexibility index (Phi) is 3.57. The molecule has 0 spiro atoms. The van der Waals surface area contributed by atoms with Gasteiger partial charge in [-0.05, 0) is 13.8 Å². The zero-order chi connectivity index (χ0) is 14.2. The molecule has 106 valence electrons. The molecule has 0 bridgehead atoms. The zero-order valence-corrected chi connectivity index (χ0v) is 10.8. The van der Waals surface area contributed by atoms with Crippen LogP contribution in [0.3, 0.4) is 0 Å². The third-order valence-electron chi connectivity index (χ3n) is 2.73. The molecule has 2 rings (SSSR count). The molecular weight excluding hydrogens is 258 g/mol. The third kappa shape index (κ3) is 3.09. The van der Waals surface area contributed by atoms with Crippen LogP contribution in [0, 0.1) is 10.1 Å². The molecule has 0 radical (unpaired) electrons. The van der Waals surface area contributed by atoms with Gasteiger partial charge in [-0.15, -0.1) is 0 Å². The summed E-state index contributed by atoms with van der Waals surface area (Å²) < 4.78 is 21.7. The molecule has 2 saturated heterocycles. The van der Waals surface area contributed by atoms with Crippen molar-refractivity contribution in [1.82, 2.24) is 0 Å². The van der Waals surface area contributed by atoms with E-state index in [-0.39, 0.29) is 0 Å². The van der Waals surface area contributed by atoms with Crippen molar-refractivity contribution < 1.29 is 28.7 Å². The smallest absolute Gasteiger partial charge is 0.303 e. The maximum Gasteiger partial charge on any atom is 0.303 e. The van der Waals surface area contributed by atoms with Crippen molar-refractivity contribution in [3.8, 4) is 0 Å². The van der Waals surface area contributed by atoms with Crippen molar-refractivity contribution in [1.29, 1.82) is 0 Å². The van der Waals surface area contributed by atoms with Crippen molar-refractivity contribution in [2.75, 3.05) is 0 Å². The molecule has 19 heavy (non-hydrogen) atoms. The summed E-state index contributed by atoms with van der Waals surface area (Å²) in [6, 6.07) is 0. The number of esters is 1. The lowest BCUT2D eigenvalue weighted by Crippen LogP contribution is -2.37. The number of ether oxygens (including phenoxy) is 4. The van der Waals surface area contributed by atoms with Gasteiger partial charge in [-0.1, -0.05) is 0 Å². The molecule has 0 aromatic rings. The summed E-state index contributed by atoms with van der Waals surface area (Å²) in [5.74, 6) is -1.35. The number of fused-ring (bicyclic) bond motifs is 1. The summed E-state index contributed by atoms with van der Waals surface area (Å²) in [4.78, 5) is 20.8. The monoisotopic (exact) mass is 273 g/mol. The van der Waals surface area contributed by atoms with Crippen molar-refractivity contribution in [3.05, 3.63) is 22.4 Å². The zero-order valence-electron chi connectivity index (χ0n) is 10.8. The van der Waals surface area contributed by atoms with Crippen LogP contribution < -0.4 is 0 Å². The van der Waals surface area contributed by atoms with Crippen LogP contribution in [0.1, 0.15) is 20.8 Å². The van der Waals surface area contributed by atoms with Gasteiger partial charge in [-0.2, -0.15) is 0 Å². The lowest BCUT2D eigenvalue weighted by Gasteiger charge is -2.23. The summed E-state index contributed by atoms with van der Waals surface area (Å²) in [5, 5.41) is 10.3. The highest BCUT2D eigenvalue weighted by Gasteiger charge is 2.55. The molecule has 2 aliphatic rings. The Morgan fingerprint density at radius 3 is 2.68 bits per heavy atom. The van der Waals surface area contributed by atoms with Gasteiger partial charge >= 0.3 is 5.97 Å². The Labute approximate surface area is 109 Å². The number of rotatable bonds is 3. The molecule has 0 unspecified atom stereocenters. The van der Waals surface area contributed by atoms with E-state index in [1.165, 1.54) is 13.0 Å². The Hall–Kier alpha value is -1.51. The fraction of sp³-hybridized carbons (Fsp3) is 0.727. The minimum atomic E-state index is -0.842. The topological polar surface area (TPSA) is 97.1 Å². The van der Waals surface area contributed by atoms with E-state index in [0.717, 1.165) is 6.20 Å². The first-order chi connectivity index (χ1) is 8.78. The van der Waals surface area contributed by atoms with E-state index in [1.807, 2.05) is 0 Å². The van der Waals surface area contributed by atoms with E-state index < -0.39 is 41.3 Å². The number of carbonyl (C=O) groups excluding carboxylic acids is 1. The molecule has 0 N–H and O–H groups in total. The minimum Gasteiger partial charge on any atom is -0.456 e. The van der Waals surface area contributed by atoms with Crippen LogP contribution in [0.4, 0.5) is 0 Å². The average molecular weight is 273 g/mol. The predicted molar refractivity (Wildman–Crippen MR) is 60.4 cm³/mol. The van der Waals surface area contributed by atoms with Gasteiger partial charge in [0.1, 0.15) is 6.10 Å². The van der Waals surface area contributed by atoms with Gasteiger partial charge in [0, 0.05) is 13.0 Å². The van der Waals surface area contributed by atoms with E-state index in [0.29, 0.717) is 0 Å². The third-order valence-corrected chi connectivity index (χ3v) is 2.73. The highest BCUT2D eigenvalue weighted by atomic mass is 16.8. The Morgan fingerprint density at radius 2 is 2.11 bits per heavy atom. The van der Waals surface area contributed by atoms with Crippen molar-refractivity contribution in [3.63, 3.8) is 0 Å². The maximum absolute atomic E-state index is 11.1. The van der Waals surface area contributed by atoms with Gasteiger partial charge in [0.2, 0.25) is 6.20 Å². The molecule has 0 aromatic carbocycles. The van der Waals surface area contributed by atoms with Gasteiger partial charge in [-0.25, -0.2) is 0 Å². The summed E-state index contributed by atoms with van der Waals surface area (Å²) >= 11 is 0. The second kappa shape index (κ2) is 4.87. The number of hydrogen-bond acceptors (Lipinski definition) is 7. The number of hydrogen-bond donors (Lipinski definition) is 0. The van der Waals surface area contributed by atoms with Crippen LogP contribution in [0.25, 0.3) is 0 Å². The molecule has 2 heterocycles. The second-order valence-electron chi connectivity index (χ2n) is 4.77. The molecule has 0 aromatic heterocycles. The molecule has 2 fully saturated rings. The Morgan fingerprint density at radius 1 is 1.42 bits per heavy atom. The summed E-state index contributed by atoms with van der Waals surface area (Å²) in [7, 11) is 0. The van der Waals surface area contributed by atoms with Crippen molar-refractivity contribution in [2.45, 2.75) is 51.2 Å². The second-order valence-corrected chi connectivity index (χ2v) is 4.77. The van der Waals surface area contributed by atoms with Gasteiger partial charge in [-0.3, -0.25) is 14.9 Å². The van der Waals surface area contributed by atoms with Crippen LogP contribution in [-0.2, 0) is 23.7 Å². The standard InChI is InChI=1S/C11H15NO7/c1-6(13)16-8-7(4-5-12(14)15)17-10-9(8)18-11(2,3)19-10/h4-5,7-10H,1-3H3/b5-4+/t7-,8+,9-,10-/m1/s1. The molecular formula is C11H15NO7. The first-order valence-electron chi connectivity index (χ1n) is 5.79. The molecule has 8 heteroatoms. The van der Waals surface area contributed by atoms with Crippen LogP contribution in [0.15, 0.2) is 12.3 Å². The van der Waals surface area contributed by atoms with Crippen LogP contribution in [0.5, 0.6) is 0 Å². The Balaban J connectivity index is 2.14. The van der Waals surface area contributed by atoms with E-state index in [9.17, 15) is 14.9 Å². The lowest BCUT2D eigenvalue weighted by atomic mass is 10.1. The van der Waals surface area contributed by atoms with Crippen molar-refractivity contribution >= 4 is 5.97 Å². The van der Waals surface area contributed by atoms with Gasteiger partial charge < -0.3 is 18.9 Å². The highest BCUT2D eigenvalue weighted by molar-refractivity contribution is 5.66. The van der Waals surface area contributed by atoms with Crippen LogP contribution >= 0.6 is 0 Å². The lowest BCUT2D eigenvalue weighted by molar-refractivity contribution is -0.403. The van der Waals surface area contributed by atoms with E-state index >= 15 is 0 Å². The largest absolute Gasteiger partial charge is 0.456 e. The van der Waals surface area contributed by atoms with E-state index in [2.05, 4.69) is 0 Å². The van der Waals surface area contributed by atoms with Crippen LogP contribution in [-0.4, -0.2) is 41.3 Å².